The highest BCUT2D eigenvalue weighted by Gasteiger charge is 2.15. The van der Waals surface area contributed by atoms with Gasteiger partial charge in [0.2, 0.25) is 12.7 Å². The summed E-state index contributed by atoms with van der Waals surface area (Å²) in [7, 11) is 1.23. The van der Waals surface area contributed by atoms with Gasteiger partial charge in [-0.3, -0.25) is 4.79 Å². The van der Waals surface area contributed by atoms with E-state index in [4.69, 9.17) is 9.47 Å². The molecule has 2 N–H and O–H groups in total. The lowest BCUT2D eigenvalue weighted by atomic mass is 10.2. The summed E-state index contributed by atoms with van der Waals surface area (Å²) in [5.74, 6) is -0.404. The second-order valence-corrected chi connectivity index (χ2v) is 5.16. The van der Waals surface area contributed by atoms with Gasteiger partial charge in [0.05, 0.1) is 24.9 Å². The standard InChI is InChI=1S/C17H15FN2O5/c1-23-17(22)10-2-4-12(18)13(6-10)19-8-16(21)20-11-3-5-14-15(7-11)25-9-24-14/h2-7,19H,8-9H2,1H3,(H,20,21). The zero-order valence-electron chi connectivity index (χ0n) is 13.3. The Morgan fingerprint density at radius 3 is 2.76 bits per heavy atom. The maximum Gasteiger partial charge on any atom is 0.337 e. The van der Waals surface area contributed by atoms with E-state index in [0.29, 0.717) is 17.2 Å². The fraction of sp³-hybridized carbons (Fsp3) is 0.176. The number of nitrogens with one attached hydrogen (secondary N) is 2. The van der Waals surface area contributed by atoms with Crippen LogP contribution in [0, 0.1) is 5.82 Å². The van der Waals surface area contributed by atoms with Gasteiger partial charge in [-0.05, 0) is 30.3 Å². The van der Waals surface area contributed by atoms with Crippen molar-refractivity contribution in [1.82, 2.24) is 0 Å². The van der Waals surface area contributed by atoms with Crippen LogP contribution >= 0.6 is 0 Å². The van der Waals surface area contributed by atoms with Gasteiger partial charge in [0.1, 0.15) is 5.82 Å². The van der Waals surface area contributed by atoms with Crippen LogP contribution in [-0.4, -0.2) is 32.3 Å². The number of fused-ring (bicyclic) bond motifs is 1. The zero-order chi connectivity index (χ0) is 17.8. The lowest BCUT2D eigenvalue weighted by Gasteiger charge is -2.10. The molecule has 0 unspecified atom stereocenters. The van der Waals surface area contributed by atoms with Crippen LogP contribution < -0.4 is 20.1 Å². The van der Waals surface area contributed by atoms with Crippen molar-refractivity contribution in [2.75, 3.05) is 31.1 Å². The fourth-order valence-corrected chi connectivity index (χ4v) is 2.26. The molecule has 0 radical (unpaired) electrons. The Bertz CT molecular complexity index is 825. The third-order valence-corrected chi connectivity index (χ3v) is 3.48. The number of hydrogen-bond acceptors (Lipinski definition) is 6. The smallest absolute Gasteiger partial charge is 0.337 e. The van der Waals surface area contributed by atoms with Crippen molar-refractivity contribution in [2.24, 2.45) is 0 Å². The quantitative estimate of drug-likeness (QED) is 0.809. The number of esters is 1. The van der Waals surface area contributed by atoms with E-state index in [2.05, 4.69) is 15.4 Å². The van der Waals surface area contributed by atoms with Gasteiger partial charge in [-0.25, -0.2) is 9.18 Å². The van der Waals surface area contributed by atoms with E-state index in [0.717, 1.165) is 6.07 Å². The first kappa shape index (κ1) is 16.6. The van der Waals surface area contributed by atoms with Crippen LogP contribution in [0.15, 0.2) is 36.4 Å². The highest BCUT2D eigenvalue weighted by Crippen LogP contribution is 2.34. The van der Waals surface area contributed by atoms with Crippen molar-refractivity contribution in [3.8, 4) is 11.5 Å². The zero-order valence-corrected chi connectivity index (χ0v) is 13.3. The van der Waals surface area contributed by atoms with Gasteiger partial charge >= 0.3 is 5.97 Å². The van der Waals surface area contributed by atoms with Crippen molar-refractivity contribution < 1.29 is 28.2 Å². The Kier molecular flexibility index (Phi) is 4.69. The van der Waals surface area contributed by atoms with E-state index in [1.807, 2.05) is 0 Å². The predicted octanol–water partition coefficient (Wildman–Crippen LogP) is 2.39. The van der Waals surface area contributed by atoms with Crippen molar-refractivity contribution in [1.29, 1.82) is 0 Å². The normalized spacial score (nSPS) is 11.8. The van der Waals surface area contributed by atoms with Gasteiger partial charge in [0.15, 0.2) is 11.5 Å². The van der Waals surface area contributed by atoms with Crippen LogP contribution in [-0.2, 0) is 9.53 Å². The first-order valence-electron chi connectivity index (χ1n) is 7.38. The number of amides is 1. The van der Waals surface area contributed by atoms with E-state index < -0.39 is 11.8 Å². The van der Waals surface area contributed by atoms with Gasteiger partial charge < -0.3 is 24.8 Å². The summed E-state index contributed by atoms with van der Waals surface area (Å²) >= 11 is 0. The molecule has 25 heavy (non-hydrogen) atoms. The molecule has 2 aromatic carbocycles. The summed E-state index contributed by atoms with van der Waals surface area (Å²) in [6.07, 6.45) is 0. The molecule has 0 atom stereocenters. The summed E-state index contributed by atoms with van der Waals surface area (Å²) in [4.78, 5) is 23.5. The van der Waals surface area contributed by atoms with Crippen LogP contribution in [0.5, 0.6) is 11.5 Å². The highest BCUT2D eigenvalue weighted by molar-refractivity contribution is 5.94. The molecule has 2 aromatic rings. The summed E-state index contributed by atoms with van der Waals surface area (Å²) in [6.45, 7) is -0.0416. The molecule has 1 amide bonds. The van der Waals surface area contributed by atoms with Crippen LogP contribution in [0.4, 0.5) is 15.8 Å². The highest BCUT2D eigenvalue weighted by atomic mass is 19.1. The van der Waals surface area contributed by atoms with E-state index in [-0.39, 0.29) is 30.5 Å². The number of benzene rings is 2. The molecule has 0 aromatic heterocycles. The Morgan fingerprint density at radius 1 is 1.16 bits per heavy atom. The number of halogens is 1. The Labute approximate surface area is 142 Å². The third kappa shape index (κ3) is 3.79. The van der Waals surface area contributed by atoms with Crippen LogP contribution in [0.3, 0.4) is 0 Å². The molecule has 3 rings (SSSR count). The number of methoxy groups -OCH3 is 1. The summed E-state index contributed by atoms with van der Waals surface area (Å²) in [5, 5.41) is 5.31. The second-order valence-electron chi connectivity index (χ2n) is 5.16. The number of anilines is 2. The number of hydrogen-bond donors (Lipinski definition) is 2. The average Bonchev–Trinajstić information content (AvgIpc) is 3.08. The molecule has 130 valence electrons. The molecule has 0 aliphatic carbocycles. The van der Waals surface area contributed by atoms with Crippen LogP contribution in [0.2, 0.25) is 0 Å². The number of ether oxygens (including phenoxy) is 3. The van der Waals surface area contributed by atoms with Gasteiger partial charge in [0.25, 0.3) is 0 Å². The van der Waals surface area contributed by atoms with Crippen LogP contribution in [0.25, 0.3) is 0 Å². The molecule has 0 saturated heterocycles. The first-order chi connectivity index (χ1) is 12.1. The van der Waals surface area contributed by atoms with Crippen molar-refractivity contribution in [3.63, 3.8) is 0 Å². The average molecular weight is 346 g/mol. The van der Waals surface area contributed by atoms with Gasteiger partial charge in [-0.2, -0.15) is 0 Å². The van der Waals surface area contributed by atoms with E-state index in [1.54, 1.807) is 18.2 Å². The van der Waals surface area contributed by atoms with Gasteiger partial charge in [-0.1, -0.05) is 0 Å². The van der Waals surface area contributed by atoms with Gasteiger partial charge in [0, 0.05) is 11.8 Å². The van der Waals surface area contributed by atoms with Crippen molar-refractivity contribution >= 4 is 23.3 Å². The molecule has 1 heterocycles. The lowest BCUT2D eigenvalue weighted by molar-refractivity contribution is -0.114. The maximum absolute atomic E-state index is 13.8. The monoisotopic (exact) mass is 346 g/mol. The van der Waals surface area contributed by atoms with Crippen molar-refractivity contribution in [2.45, 2.75) is 0 Å². The maximum atomic E-state index is 13.8. The third-order valence-electron chi connectivity index (χ3n) is 3.48. The number of rotatable bonds is 5. The first-order valence-corrected chi connectivity index (χ1v) is 7.38. The minimum atomic E-state index is -0.590. The Balaban J connectivity index is 1.61. The molecule has 0 fully saturated rings. The molecule has 1 aliphatic heterocycles. The molecule has 8 heteroatoms. The molecular weight excluding hydrogens is 331 g/mol. The molecule has 7 nitrogen and oxygen atoms in total. The number of carbonyl (C=O) groups is 2. The molecule has 0 spiro atoms. The minimum absolute atomic E-state index is 0.0312. The Hall–Kier alpha value is -3.29. The molecule has 0 bridgehead atoms. The summed E-state index contributed by atoms with van der Waals surface area (Å²) < 4.78 is 28.8. The predicted molar refractivity (Wildman–Crippen MR) is 87.4 cm³/mol. The van der Waals surface area contributed by atoms with E-state index >= 15 is 0 Å². The minimum Gasteiger partial charge on any atom is -0.465 e. The topological polar surface area (TPSA) is 85.9 Å². The van der Waals surface area contributed by atoms with Crippen molar-refractivity contribution in [3.05, 3.63) is 47.8 Å². The SMILES string of the molecule is COC(=O)c1ccc(F)c(NCC(=O)Nc2ccc3c(c2)OCO3)c1. The fourth-order valence-electron chi connectivity index (χ4n) is 2.26. The second kappa shape index (κ2) is 7.08. The number of carbonyl (C=O) groups excluding carboxylic acids is 2. The summed E-state index contributed by atoms with van der Waals surface area (Å²) in [5.41, 5.74) is 0.742. The lowest BCUT2D eigenvalue weighted by Crippen LogP contribution is -2.22. The molecule has 1 aliphatic rings. The van der Waals surface area contributed by atoms with E-state index in [9.17, 15) is 14.0 Å². The van der Waals surface area contributed by atoms with Crippen LogP contribution in [0.1, 0.15) is 10.4 Å². The largest absolute Gasteiger partial charge is 0.465 e. The Morgan fingerprint density at radius 2 is 1.96 bits per heavy atom. The van der Waals surface area contributed by atoms with E-state index in [1.165, 1.54) is 19.2 Å². The molecular formula is C17H15FN2O5. The molecule has 0 saturated carbocycles. The summed E-state index contributed by atoms with van der Waals surface area (Å²) in [6, 6.07) is 8.71. The van der Waals surface area contributed by atoms with Gasteiger partial charge in [-0.15, -0.1) is 0 Å².